The largest absolute Gasteiger partial charge is 0.494 e. The molecule has 3 heteroatoms. The lowest BCUT2D eigenvalue weighted by atomic mass is 9.88. The van der Waals surface area contributed by atoms with Crippen molar-refractivity contribution in [1.82, 2.24) is 4.90 Å². The summed E-state index contributed by atoms with van der Waals surface area (Å²) >= 11 is 0. The Morgan fingerprint density at radius 1 is 1.42 bits per heavy atom. The molecular formula is C16H25NO2. The second-order valence-electron chi connectivity index (χ2n) is 5.97. The number of piperidine rings is 1. The summed E-state index contributed by atoms with van der Waals surface area (Å²) in [6, 6.07) is 8.25. The van der Waals surface area contributed by atoms with E-state index in [0.29, 0.717) is 6.61 Å². The maximum absolute atomic E-state index is 9.86. The average Bonchev–Trinajstić information content (AvgIpc) is 2.35. The molecule has 0 radical (unpaired) electrons. The molecule has 0 saturated carbocycles. The normalized spacial score (nSPS) is 23.3. The predicted molar refractivity (Wildman–Crippen MR) is 77.3 cm³/mol. The van der Waals surface area contributed by atoms with E-state index in [-0.39, 0.29) is 11.6 Å². The second kappa shape index (κ2) is 5.93. The molecule has 1 aliphatic rings. The van der Waals surface area contributed by atoms with Crippen LogP contribution in [0.15, 0.2) is 24.3 Å². The Labute approximate surface area is 116 Å². The minimum Gasteiger partial charge on any atom is -0.494 e. The number of ether oxygens (including phenoxy) is 1. The smallest absolute Gasteiger partial charge is 0.119 e. The van der Waals surface area contributed by atoms with Gasteiger partial charge in [0.25, 0.3) is 0 Å². The summed E-state index contributed by atoms with van der Waals surface area (Å²) in [7, 11) is 0. The van der Waals surface area contributed by atoms with E-state index in [1.807, 2.05) is 19.1 Å². The third-order valence-electron chi connectivity index (χ3n) is 3.96. The molecule has 3 nitrogen and oxygen atoms in total. The van der Waals surface area contributed by atoms with Crippen LogP contribution in [0.25, 0.3) is 0 Å². The van der Waals surface area contributed by atoms with Crippen LogP contribution in [-0.2, 0) is 6.54 Å². The zero-order valence-corrected chi connectivity index (χ0v) is 12.2. The monoisotopic (exact) mass is 263 g/mol. The molecule has 19 heavy (non-hydrogen) atoms. The lowest BCUT2D eigenvalue weighted by molar-refractivity contribution is -0.00962. The van der Waals surface area contributed by atoms with Gasteiger partial charge in [-0.25, -0.2) is 0 Å². The van der Waals surface area contributed by atoms with Crippen LogP contribution < -0.4 is 4.74 Å². The number of likely N-dealkylation sites (tertiary alicyclic amines) is 1. The van der Waals surface area contributed by atoms with Crippen LogP contribution >= 0.6 is 0 Å². The van der Waals surface area contributed by atoms with E-state index in [0.717, 1.165) is 31.7 Å². The Bertz CT molecular complexity index is 417. The molecule has 106 valence electrons. The van der Waals surface area contributed by atoms with Gasteiger partial charge in [-0.15, -0.1) is 0 Å². The fraction of sp³-hybridized carbons (Fsp3) is 0.625. The highest BCUT2D eigenvalue weighted by Crippen LogP contribution is 2.29. The Balaban J connectivity index is 2.08. The van der Waals surface area contributed by atoms with Gasteiger partial charge in [-0.05, 0) is 51.3 Å². The molecule has 1 N–H and O–H groups in total. The lowest BCUT2D eigenvalue weighted by Gasteiger charge is -2.44. The number of rotatable bonds is 4. The zero-order valence-electron chi connectivity index (χ0n) is 12.2. The SMILES string of the molecule is CCOc1cccc(CN2CC(O)CCC2(C)C)c1. The lowest BCUT2D eigenvalue weighted by Crippen LogP contribution is -2.51. The molecule has 2 rings (SSSR count). The highest BCUT2D eigenvalue weighted by atomic mass is 16.5. The number of nitrogens with zero attached hydrogens (tertiary/aromatic N) is 1. The van der Waals surface area contributed by atoms with E-state index >= 15 is 0 Å². The Morgan fingerprint density at radius 2 is 2.21 bits per heavy atom. The molecule has 1 aromatic carbocycles. The van der Waals surface area contributed by atoms with E-state index in [4.69, 9.17) is 4.74 Å². The molecule has 1 fully saturated rings. The van der Waals surface area contributed by atoms with Gasteiger partial charge in [-0.3, -0.25) is 4.90 Å². The van der Waals surface area contributed by atoms with Crippen LogP contribution in [0, 0.1) is 0 Å². The number of hydrogen-bond acceptors (Lipinski definition) is 3. The summed E-state index contributed by atoms with van der Waals surface area (Å²) in [5.41, 5.74) is 1.40. The van der Waals surface area contributed by atoms with Crippen LogP contribution in [0.4, 0.5) is 0 Å². The van der Waals surface area contributed by atoms with Crippen LogP contribution in [0.2, 0.25) is 0 Å². The predicted octanol–water partition coefficient (Wildman–Crippen LogP) is 2.82. The average molecular weight is 263 g/mol. The molecule has 0 aliphatic carbocycles. The first kappa shape index (κ1) is 14.4. The third-order valence-corrected chi connectivity index (χ3v) is 3.96. The van der Waals surface area contributed by atoms with Crippen LogP contribution in [0.1, 0.15) is 39.2 Å². The van der Waals surface area contributed by atoms with Crippen LogP contribution in [-0.4, -0.2) is 34.8 Å². The zero-order chi connectivity index (χ0) is 13.9. The van der Waals surface area contributed by atoms with Gasteiger partial charge in [0.1, 0.15) is 5.75 Å². The summed E-state index contributed by atoms with van der Waals surface area (Å²) < 4.78 is 5.54. The fourth-order valence-corrected chi connectivity index (χ4v) is 2.67. The van der Waals surface area contributed by atoms with E-state index in [2.05, 4.69) is 30.9 Å². The van der Waals surface area contributed by atoms with Crippen molar-refractivity contribution in [1.29, 1.82) is 0 Å². The van der Waals surface area contributed by atoms with Crippen LogP contribution in [0.5, 0.6) is 5.75 Å². The first-order valence-electron chi connectivity index (χ1n) is 7.16. The minimum absolute atomic E-state index is 0.154. The van der Waals surface area contributed by atoms with Crippen molar-refractivity contribution in [3.63, 3.8) is 0 Å². The Hall–Kier alpha value is -1.06. The maximum atomic E-state index is 9.86. The molecule has 0 spiro atoms. The van der Waals surface area contributed by atoms with Crippen molar-refractivity contribution in [3.8, 4) is 5.75 Å². The van der Waals surface area contributed by atoms with Crippen molar-refractivity contribution < 1.29 is 9.84 Å². The third kappa shape index (κ3) is 3.71. The number of benzene rings is 1. The number of hydrogen-bond donors (Lipinski definition) is 1. The summed E-state index contributed by atoms with van der Waals surface area (Å²) in [6.45, 7) is 8.82. The van der Waals surface area contributed by atoms with E-state index in [1.165, 1.54) is 5.56 Å². The first-order chi connectivity index (χ1) is 9.01. The Kier molecular flexibility index (Phi) is 4.48. The highest BCUT2D eigenvalue weighted by molar-refractivity contribution is 5.28. The van der Waals surface area contributed by atoms with Gasteiger partial charge in [0.15, 0.2) is 0 Å². The van der Waals surface area contributed by atoms with Gasteiger partial charge in [0, 0.05) is 18.6 Å². The summed E-state index contributed by atoms with van der Waals surface area (Å²) in [6.07, 6.45) is 1.75. The molecule has 1 atom stereocenters. The van der Waals surface area contributed by atoms with Gasteiger partial charge in [-0.2, -0.15) is 0 Å². The van der Waals surface area contributed by atoms with E-state index in [1.54, 1.807) is 0 Å². The number of β-amino-alcohol motifs (C(OH)–C–C–N with tert-alkyl or cyclic N) is 1. The number of aliphatic hydroxyl groups excluding tert-OH is 1. The van der Waals surface area contributed by atoms with Crippen molar-refractivity contribution in [2.75, 3.05) is 13.2 Å². The highest BCUT2D eigenvalue weighted by Gasteiger charge is 2.33. The Morgan fingerprint density at radius 3 is 2.95 bits per heavy atom. The summed E-state index contributed by atoms with van der Waals surface area (Å²) in [5.74, 6) is 0.926. The summed E-state index contributed by atoms with van der Waals surface area (Å²) in [5, 5.41) is 9.86. The maximum Gasteiger partial charge on any atom is 0.119 e. The van der Waals surface area contributed by atoms with Gasteiger partial charge in [0.2, 0.25) is 0 Å². The quantitative estimate of drug-likeness (QED) is 0.906. The number of aliphatic hydroxyl groups is 1. The second-order valence-corrected chi connectivity index (χ2v) is 5.97. The molecular weight excluding hydrogens is 238 g/mol. The minimum atomic E-state index is -0.192. The molecule has 0 amide bonds. The first-order valence-corrected chi connectivity index (χ1v) is 7.16. The van der Waals surface area contributed by atoms with Gasteiger partial charge in [-0.1, -0.05) is 12.1 Å². The molecule has 1 aliphatic heterocycles. The van der Waals surface area contributed by atoms with Crippen molar-refractivity contribution in [3.05, 3.63) is 29.8 Å². The molecule has 0 aromatic heterocycles. The standard InChI is InChI=1S/C16H25NO2/c1-4-19-15-7-5-6-13(10-15)11-17-12-14(18)8-9-16(17,2)3/h5-7,10,14,18H,4,8-9,11-12H2,1-3H3. The molecule has 1 saturated heterocycles. The fourth-order valence-electron chi connectivity index (χ4n) is 2.67. The van der Waals surface area contributed by atoms with Gasteiger partial charge < -0.3 is 9.84 Å². The van der Waals surface area contributed by atoms with Crippen molar-refractivity contribution in [2.24, 2.45) is 0 Å². The van der Waals surface area contributed by atoms with Crippen molar-refractivity contribution in [2.45, 2.75) is 51.8 Å². The van der Waals surface area contributed by atoms with Gasteiger partial charge >= 0.3 is 0 Å². The van der Waals surface area contributed by atoms with Crippen molar-refractivity contribution >= 4 is 0 Å². The summed E-state index contributed by atoms with van der Waals surface area (Å²) in [4.78, 5) is 2.37. The van der Waals surface area contributed by atoms with E-state index < -0.39 is 0 Å². The van der Waals surface area contributed by atoms with Gasteiger partial charge in [0.05, 0.1) is 12.7 Å². The van der Waals surface area contributed by atoms with Crippen LogP contribution in [0.3, 0.4) is 0 Å². The topological polar surface area (TPSA) is 32.7 Å². The molecule has 1 unspecified atom stereocenters. The molecule has 0 bridgehead atoms. The molecule has 1 aromatic rings. The van der Waals surface area contributed by atoms with E-state index in [9.17, 15) is 5.11 Å². The molecule has 1 heterocycles.